The molecule has 1 amide bonds. The number of hydrogen-bond acceptors (Lipinski definition) is 4. The lowest BCUT2D eigenvalue weighted by Crippen LogP contribution is -2.21. The largest absolute Gasteiger partial charge is 0.417 e. The van der Waals surface area contributed by atoms with Crippen LogP contribution in [-0.2, 0) is 17.5 Å². The summed E-state index contributed by atoms with van der Waals surface area (Å²) in [5.74, 6) is -0.171. The summed E-state index contributed by atoms with van der Waals surface area (Å²) in [6.45, 7) is -0.0419. The van der Waals surface area contributed by atoms with Crippen molar-refractivity contribution in [3.05, 3.63) is 56.6 Å². The number of aromatic nitrogens is 3. The molecule has 0 radical (unpaired) electrons. The minimum Gasteiger partial charge on any atom is -0.345 e. The van der Waals surface area contributed by atoms with E-state index in [0.717, 1.165) is 20.9 Å². The maximum absolute atomic E-state index is 12.8. The lowest BCUT2D eigenvalue weighted by molar-refractivity contribution is -0.137. The fourth-order valence-corrected chi connectivity index (χ4v) is 3.35. The summed E-state index contributed by atoms with van der Waals surface area (Å²) in [7, 11) is 0. The second-order valence-corrected chi connectivity index (χ2v) is 7.45. The van der Waals surface area contributed by atoms with Gasteiger partial charge in [0, 0.05) is 17.2 Å². The average Bonchev–Trinajstić information content (AvgIpc) is 3.15. The number of carbonyl (C=O) groups is 1. The summed E-state index contributed by atoms with van der Waals surface area (Å²) in [5.41, 5.74) is -0.535. The van der Waals surface area contributed by atoms with Crippen molar-refractivity contribution in [3.8, 4) is 0 Å². The van der Waals surface area contributed by atoms with Crippen LogP contribution < -0.4 is 5.32 Å². The van der Waals surface area contributed by atoms with Gasteiger partial charge in [-0.3, -0.25) is 9.20 Å². The maximum atomic E-state index is 12.8. The van der Waals surface area contributed by atoms with E-state index in [-0.39, 0.29) is 23.9 Å². The maximum Gasteiger partial charge on any atom is 0.417 e. The van der Waals surface area contributed by atoms with Gasteiger partial charge in [-0.15, -0.1) is 21.5 Å². The molecule has 0 aliphatic carbocycles. The molecule has 0 unspecified atom stereocenters. The van der Waals surface area contributed by atoms with Crippen molar-refractivity contribution in [1.82, 2.24) is 19.9 Å². The molecule has 130 valence electrons. The van der Waals surface area contributed by atoms with Crippen LogP contribution in [0.2, 0.25) is 0 Å². The van der Waals surface area contributed by atoms with Crippen LogP contribution in [0.3, 0.4) is 0 Å². The molecule has 3 aromatic rings. The standard InChI is InChI=1S/C15H10BrF3N4OS/c16-11-4-2-10(25-11)3-6-14(24)20-7-13-22-21-12-5-1-9(8-23(12)13)15(17,18)19/h1-6,8H,7H2,(H,20,24)/b6-3-. The van der Waals surface area contributed by atoms with Gasteiger partial charge in [-0.1, -0.05) is 0 Å². The summed E-state index contributed by atoms with van der Waals surface area (Å²) in [6.07, 6.45) is -0.552. The highest BCUT2D eigenvalue weighted by molar-refractivity contribution is 9.11. The first kappa shape index (κ1) is 17.6. The molecule has 0 aliphatic rings. The van der Waals surface area contributed by atoms with Gasteiger partial charge in [0.15, 0.2) is 11.5 Å². The van der Waals surface area contributed by atoms with Crippen molar-refractivity contribution in [1.29, 1.82) is 0 Å². The molecule has 0 saturated carbocycles. The molecule has 10 heteroatoms. The Bertz CT molecular complexity index is 948. The zero-order valence-electron chi connectivity index (χ0n) is 12.4. The number of alkyl halides is 3. The van der Waals surface area contributed by atoms with Crippen LogP contribution in [0.4, 0.5) is 13.2 Å². The molecule has 3 rings (SSSR count). The minimum absolute atomic E-state index is 0.0419. The van der Waals surface area contributed by atoms with Gasteiger partial charge in [-0.2, -0.15) is 13.2 Å². The SMILES string of the molecule is O=C(/C=C\c1ccc(Br)s1)NCc1nnc2ccc(C(F)(F)F)cn12. The Morgan fingerprint density at radius 1 is 1.28 bits per heavy atom. The van der Waals surface area contributed by atoms with Crippen LogP contribution in [0.15, 0.2) is 40.3 Å². The molecular formula is C15H10BrF3N4OS. The summed E-state index contributed by atoms with van der Waals surface area (Å²) in [5, 5.41) is 10.2. The van der Waals surface area contributed by atoms with E-state index in [9.17, 15) is 18.0 Å². The number of nitrogens with zero attached hydrogens (tertiary/aromatic N) is 3. The first-order chi connectivity index (χ1) is 11.8. The summed E-state index contributed by atoms with van der Waals surface area (Å²) in [4.78, 5) is 12.7. The third kappa shape index (κ3) is 4.26. The fourth-order valence-electron chi connectivity index (χ4n) is 2.03. The zero-order chi connectivity index (χ0) is 18.0. The van der Waals surface area contributed by atoms with Crippen molar-refractivity contribution < 1.29 is 18.0 Å². The number of pyridine rings is 1. The number of thiophene rings is 1. The number of hydrogen-bond donors (Lipinski definition) is 1. The highest BCUT2D eigenvalue weighted by Crippen LogP contribution is 2.29. The van der Waals surface area contributed by atoms with E-state index < -0.39 is 11.7 Å². The first-order valence-corrected chi connectivity index (χ1v) is 8.56. The van der Waals surface area contributed by atoms with Crippen molar-refractivity contribution in [2.75, 3.05) is 0 Å². The van der Waals surface area contributed by atoms with E-state index in [4.69, 9.17) is 0 Å². The van der Waals surface area contributed by atoms with Crippen molar-refractivity contribution in [2.24, 2.45) is 0 Å². The zero-order valence-corrected chi connectivity index (χ0v) is 14.8. The molecule has 5 nitrogen and oxygen atoms in total. The van der Waals surface area contributed by atoms with Gasteiger partial charge >= 0.3 is 6.18 Å². The van der Waals surface area contributed by atoms with Crippen LogP contribution in [0.1, 0.15) is 16.3 Å². The van der Waals surface area contributed by atoms with Crippen LogP contribution in [0, 0.1) is 0 Å². The van der Waals surface area contributed by atoms with Gasteiger partial charge in [-0.25, -0.2) is 0 Å². The quantitative estimate of drug-likeness (QED) is 0.638. The van der Waals surface area contributed by atoms with E-state index in [2.05, 4.69) is 31.4 Å². The normalized spacial score (nSPS) is 12.2. The Morgan fingerprint density at radius 2 is 2.08 bits per heavy atom. The van der Waals surface area contributed by atoms with E-state index in [1.807, 2.05) is 12.1 Å². The molecule has 0 saturated heterocycles. The highest BCUT2D eigenvalue weighted by atomic mass is 79.9. The lowest BCUT2D eigenvalue weighted by Gasteiger charge is -2.07. The van der Waals surface area contributed by atoms with E-state index in [0.29, 0.717) is 0 Å². The second kappa shape index (κ2) is 6.96. The number of nitrogens with one attached hydrogen (secondary N) is 1. The van der Waals surface area contributed by atoms with Gasteiger partial charge in [-0.05, 0) is 46.3 Å². The third-order valence-corrected chi connectivity index (χ3v) is 4.80. The van der Waals surface area contributed by atoms with Gasteiger partial charge < -0.3 is 5.32 Å². The molecular weight excluding hydrogens is 421 g/mol. The van der Waals surface area contributed by atoms with E-state index >= 15 is 0 Å². The highest BCUT2D eigenvalue weighted by Gasteiger charge is 2.31. The van der Waals surface area contributed by atoms with E-state index in [1.165, 1.54) is 27.9 Å². The molecule has 25 heavy (non-hydrogen) atoms. The Hall–Kier alpha value is -2.20. The lowest BCUT2D eigenvalue weighted by atomic mass is 10.3. The number of fused-ring (bicyclic) bond motifs is 1. The minimum atomic E-state index is -4.46. The summed E-state index contributed by atoms with van der Waals surface area (Å²) < 4.78 is 40.5. The third-order valence-electron chi connectivity index (χ3n) is 3.21. The van der Waals surface area contributed by atoms with Gasteiger partial charge in [0.05, 0.1) is 15.9 Å². The topological polar surface area (TPSA) is 59.3 Å². The van der Waals surface area contributed by atoms with Crippen LogP contribution >= 0.6 is 27.3 Å². The first-order valence-electron chi connectivity index (χ1n) is 6.95. The Balaban J connectivity index is 1.70. The molecule has 0 aromatic carbocycles. The summed E-state index contributed by atoms with van der Waals surface area (Å²) in [6, 6.07) is 5.88. The summed E-state index contributed by atoms with van der Waals surface area (Å²) >= 11 is 4.79. The van der Waals surface area contributed by atoms with Gasteiger partial charge in [0.1, 0.15) is 0 Å². The van der Waals surface area contributed by atoms with Crippen LogP contribution in [0.5, 0.6) is 0 Å². The monoisotopic (exact) mass is 430 g/mol. The predicted molar refractivity (Wildman–Crippen MR) is 90.9 cm³/mol. The molecule has 3 heterocycles. The fraction of sp³-hybridized carbons (Fsp3) is 0.133. The van der Waals surface area contributed by atoms with E-state index in [1.54, 1.807) is 6.08 Å². The number of halogens is 4. The molecule has 0 spiro atoms. The average molecular weight is 431 g/mol. The second-order valence-electron chi connectivity index (χ2n) is 4.95. The molecule has 1 N–H and O–H groups in total. The molecule has 3 aromatic heterocycles. The smallest absolute Gasteiger partial charge is 0.345 e. The number of rotatable bonds is 4. The van der Waals surface area contributed by atoms with Gasteiger partial charge in [0.2, 0.25) is 5.91 Å². The molecule has 0 atom stereocenters. The Morgan fingerprint density at radius 3 is 2.76 bits per heavy atom. The van der Waals surface area contributed by atoms with Crippen molar-refractivity contribution in [3.63, 3.8) is 0 Å². The van der Waals surface area contributed by atoms with Crippen molar-refractivity contribution in [2.45, 2.75) is 12.7 Å². The molecule has 0 aliphatic heterocycles. The van der Waals surface area contributed by atoms with Crippen LogP contribution in [0.25, 0.3) is 11.7 Å². The van der Waals surface area contributed by atoms with Gasteiger partial charge in [0.25, 0.3) is 0 Å². The number of carbonyl (C=O) groups excluding carboxylic acids is 1. The molecule has 0 bridgehead atoms. The number of amides is 1. The van der Waals surface area contributed by atoms with Crippen LogP contribution in [-0.4, -0.2) is 20.5 Å². The Kier molecular flexibility index (Phi) is 4.91. The predicted octanol–water partition coefficient (Wildman–Crippen LogP) is 3.90. The molecule has 0 fully saturated rings. The van der Waals surface area contributed by atoms with Crippen molar-refractivity contribution >= 4 is 44.9 Å². The Labute approximate surface area is 152 Å².